The van der Waals surface area contributed by atoms with Crippen LogP contribution in [0.4, 0.5) is 34.1 Å². The average molecular weight is 791 g/mol. The zero-order chi connectivity index (χ0) is 40.8. The van der Waals surface area contributed by atoms with Crippen LogP contribution in [0, 0.1) is 13.8 Å². The summed E-state index contributed by atoms with van der Waals surface area (Å²) in [4.78, 5) is 6.64. The van der Waals surface area contributed by atoms with Gasteiger partial charge in [0.05, 0.1) is 11.1 Å². The predicted molar refractivity (Wildman–Crippen MR) is 257 cm³/mol. The highest BCUT2D eigenvalue weighted by atomic mass is 32.1. The van der Waals surface area contributed by atoms with Crippen LogP contribution in [-0.2, 0) is 10.8 Å². The summed E-state index contributed by atoms with van der Waals surface area (Å²) in [7, 11) is 0. The molecule has 60 heavy (non-hydrogen) atoms. The molecule has 0 saturated heterocycles. The molecule has 0 unspecified atom stereocenters. The summed E-state index contributed by atoms with van der Waals surface area (Å²) >= 11 is 2.06. The standard InChI is InChI=1S/C56H47BN2S/c1-33(2)36-21-25-39(26-22-36)59-49-32-35(4)31-48-51(49)57(46-18-12-13-19-47(46)58(48)38-27-23-37(24-28-38)55(5,6)7)54-52(59)50-42-29-20-34(3)30-45(42)56(53(50)60-54)43-16-10-8-14-40(43)41-15-9-11-17-44(41)56/h8-33H,1-7H3. The lowest BCUT2D eigenvalue weighted by atomic mass is 9.36. The van der Waals surface area contributed by atoms with Crippen molar-refractivity contribution in [2.75, 3.05) is 9.80 Å². The van der Waals surface area contributed by atoms with Crippen LogP contribution in [0.25, 0.3) is 22.3 Å². The summed E-state index contributed by atoms with van der Waals surface area (Å²) in [5, 5.41) is 0. The lowest BCUT2D eigenvalue weighted by molar-refractivity contribution is 0.590. The highest BCUT2D eigenvalue weighted by molar-refractivity contribution is 7.30. The molecular weight excluding hydrogens is 744 g/mol. The molecule has 4 aliphatic rings. The van der Waals surface area contributed by atoms with Gasteiger partial charge in [-0.15, -0.1) is 11.3 Å². The fraction of sp³-hybridized carbons (Fsp3) is 0.179. The molecule has 0 bridgehead atoms. The molecular formula is C56H47BN2S. The number of thiophene rings is 1. The summed E-state index contributed by atoms with van der Waals surface area (Å²) in [6, 6.07) is 58.6. The van der Waals surface area contributed by atoms with Crippen LogP contribution in [0.5, 0.6) is 0 Å². The van der Waals surface area contributed by atoms with E-state index in [4.69, 9.17) is 0 Å². The Morgan fingerprint density at radius 1 is 0.567 bits per heavy atom. The zero-order valence-corrected chi connectivity index (χ0v) is 36.2. The van der Waals surface area contributed by atoms with E-state index >= 15 is 0 Å². The number of hydrogen-bond acceptors (Lipinski definition) is 3. The molecule has 0 saturated carbocycles. The second-order valence-corrected chi connectivity index (χ2v) is 19.9. The highest BCUT2D eigenvalue weighted by Crippen LogP contribution is 2.67. The fourth-order valence-corrected chi connectivity index (χ4v) is 12.8. The molecule has 0 fully saturated rings. The first-order valence-corrected chi connectivity index (χ1v) is 22.4. The SMILES string of the molecule is Cc1cc2c3c(c1)N(c1ccc(C(C)C)cc1)c1c(sc4c1-c1ccc(C)cc1C41c4ccccc4-c4ccccc41)B3c1ccccc1N2c1ccc(C(C)(C)C)cc1. The second kappa shape index (κ2) is 12.5. The third-order valence-electron chi connectivity index (χ3n) is 13.9. The first kappa shape index (κ1) is 35.8. The minimum absolute atomic E-state index is 0.0616. The molecule has 1 spiro atoms. The topological polar surface area (TPSA) is 6.48 Å². The van der Waals surface area contributed by atoms with Crippen LogP contribution in [-0.4, -0.2) is 6.71 Å². The van der Waals surface area contributed by atoms with Crippen LogP contribution < -0.4 is 25.5 Å². The van der Waals surface area contributed by atoms with Crippen molar-refractivity contribution in [3.63, 3.8) is 0 Å². The van der Waals surface area contributed by atoms with Crippen LogP contribution in [0.2, 0.25) is 0 Å². The van der Waals surface area contributed by atoms with E-state index in [0.29, 0.717) is 5.92 Å². The van der Waals surface area contributed by atoms with E-state index in [-0.39, 0.29) is 12.1 Å². The molecule has 2 aliphatic heterocycles. The van der Waals surface area contributed by atoms with Gasteiger partial charge >= 0.3 is 0 Å². The molecule has 4 heteroatoms. The molecule has 290 valence electrons. The Bertz CT molecular complexity index is 3040. The van der Waals surface area contributed by atoms with Crippen molar-refractivity contribution in [1.82, 2.24) is 0 Å². The smallest absolute Gasteiger partial charge is 0.264 e. The third-order valence-corrected chi connectivity index (χ3v) is 15.2. The number of nitrogens with zero attached hydrogens (tertiary/aromatic N) is 2. The van der Waals surface area contributed by atoms with Crippen molar-refractivity contribution in [2.24, 2.45) is 0 Å². The summed E-state index contributed by atoms with van der Waals surface area (Å²) in [6.45, 7) is 16.1. The molecule has 2 aliphatic carbocycles. The number of hydrogen-bond donors (Lipinski definition) is 0. The molecule has 12 rings (SSSR count). The lowest BCUT2D eigenvalue weighted by Crippen LogP contribution is -2.60. The van der Waals surface area contributed by atoms with Crippen molar-refractivity contribution < 1.29 is 0 Å². The van der Waals surface area contributed by atoms with Gasteiger partial charge in [0, 0.05) is 43.7 Å². The predicted octanol–water partition coefficient (Wildman–Crippen LogP) is 13.2. The molecule has 0 N–H and O–H groups in total. The molecule has 1 aromatic heterocycles. The van der Waals surface area contributed by atoms with Crippen molar-refractivity contribution in [1.29, 1.82) is 0 Å². The number of fused-ring (bicyclic) bond motifs is 15. The Hall–Kier alpha value is -6.10. The van der Waals surface area contributed by atoms with Crippen molar-refractivity contribution >= 4 is 67.9 Å². The maximum Gasteiger partial charge on any atom is 0.264 e. The summed E-state index contributed by atoms with van der Waals surface area (Å²) in [5.41, 5.74) is 24.8. The average Bonchev–Trinajstić information content (AvgIpc) is 3.87. The van der Waals surface area contributed by atoms with Crippen molar-refractivity contribution in [2.45, 2.75) is 65.2 Å². The Balaban J connectivity index is 1.21. The monoisotopic (exact) mass is 790 g/mol. The summed E-state index contributed by atoms with van der Waals surface area (Å²) < 4.78 is 1.42. The maximum atomic E-state index is 2.65. The van der Waals surface area contributed by atoms with Crippen LogP contribution in [0.1, 0.15) is 84.4 Å². The number of para-hydroxylation sites is 1. The first-order chi connectivity index (χ1) is 29.1. The van der Waals surface area contributed by atoms with Crippen molar-refractivity contribution in [3.8, 4) is 22.3 Å². The maximum absolute atomic E-state index is 2.65. The van der Waals surface area contributed by atoms with E-state index in [1.165, 1.54) is 116 Å². The number of aryl methyl sites for hydroxylation is 2. The molecule has 2 nitrogen and oxygen atoms in total. The normalized spacial score (nSPS) is 14.8. The summed E-state index contributed by atoms with van der Waals surface area (Å²) in [6.07, 6.45) is 0. The van der Waals surface area contributed by atoms with Gasteiger partial charge in [-0.1, -0.05) is 149 Å². The Morgan fingerprint density at radius 3 is 1.83 bits per heavy atom. The van der Waals surface area contributed by atoms with Gasteiger partial charge in [-0.3, -0.25) is 0 Å². The van der Waals surface area contributed by atoms with Gasteiger partial charge in [0.2, 0.25) is 0 Å². The van der Waals surface area contributed by atoms with Gasteiger partial charge in [0.1, 0.15) is 0 Å². The van der Waals surface area contributed by atoms with E-state index in [2.05, 4.69) is 221 Å². The van der Waals surface area contributed by atoms with Crippen LogP contribution in [0.3, 0.4) is 0 Å². The quantitative estimate of drug-likeness (QED) is 0.165. The number of benzene rings is 7. The fourth-order valence-electron chi connectivity index (χ4n) is 11.2. The number of rotatable bonds is 3. The van der Waals surface area contributed by atoms with E-state index in [1.54, 1.807) is 0 Å². The summed E-state index contributed by atoms with van der Waals surface area (Å²) in [5.74, 6) is 0.449. The van der Waals surface area contributed by atoms with Gasteiger partial charge < -0.3 is 9.80 Å². The third kappa shape index (κ3) is 4.66. The van der Waals surface area contributed by atoms with Gasteiger partial charge in [-0.05, 0) is 129 Å². The van der Waals surface area contributed by atoms with E-state index < -0.39 is 5.41 Å². The minimum atomic E-state index is -0.418. The van der Waals surface area contributed by atoms with E-state index in [9.17, 15) is 0 Å². The van der Waals surface area contributed by atoms with Crippen molar-refractivity contribution in [3.05, 3.63) is 195 Å². The van der Waals surface area contributed by atoms with Gasteiger partial charge in [-0.2, -0.15) is 0 Å². The first-order valence-electron chi connectivity index (χ1n) is 21.6. The second-order valence-electron chi connectivity index (χ2n) is 18.8. The number of anilines is 6. The van der Waals surface area contributed by atoms with Gasteiger partial charge in [0.25, 0.3) is 6.71 Å². The van der Waals surface area contributed by atoms with Crippen LogP contribution in [0.15, 0.2) is 152 Å². The molecule has 3 heterocycles. The lowest BCUT2D eigenvalue weighted by Gasteiger charge is -2.43. The molecule has 0 amide bonds. The largest absolute Gasteiger partial charge is 0.311 e. The Labute approximate surface area is 358 Å². The molecule has 0 atom stereocenters. The van der Waals surface area contributed by atoms with Crippen LogP contribution >= 0.6 is 11.3 Å². The van der Waals surface area contributed by atoms with E-state index in [1.807, 2.05) is 0 Å². The van der Waals surface area contributed by atoms with Gasteiger partial charge in [0.15, 0.2) is 0 Å². The highest BCUT2D eigenvalue weighted by Gasteiger charge is 2.56. The molecule has 8 aromatic rings. The Morgan fingerprint density at radius 2 is 1.17 bits per heavy atom. The van der Waals surface area contributed by atoms with E-state index in [0.717, 1.165) is 0 Å². The zero-order valence-electron chi connectivity index (χ0n) is 35.4. The molecule has 7 aromatic carbocycles. The molecule has 0 radical (unpaired) electrons. The van der Waals surface area contributed by atoms with Gasteiger partial charge in [-0.25, -0.2) is 0 Å². The Kier molecular flexibility index (Phi) is 7.44. The minimum Gasteiger partial charge on any atom is -0.311 e.